The van der Waals surface area contributed by atoms with E-state index in [2.05, 4.69) is 22.5 Å². The van der Waals surface area contributed by atoms with Crippen LogP contribution in [-0.2, 0) is 15.8 Å². The molecule has 3 rings (SSSR count). The van der Waals surface area contributed by atoms with Gasteiger partial charge in [0.1, 0.15) is 17.6 Å². The topological polar surface area (TPSA) is 78.6 Å². The molecule has 0 aromatic heterocycles. The molecule has 2 N–H and O–H groups in total. The lowest BCUT2D eigenvalue weighted by Gasteiger charge is -2.31. The number of sulfonamides is 1. The Balaban J connectivity index is 2.26. The van der Waals surface area contributed by atoms with E-state index < -0.39 is 10.0 Å². The Morgan fingerprint density at radius 3 is 2.76 bits per heavy atom. The zero-order valence-electron chi connectivity index (χ0n) is 13.7. The van der Waals surface area contributed by atoms with Gasteiger partial charge in [-0.05, 0) is 23.3 Å². The molecule has 1 aliphatic heterocycles. The van der Waals surface area contributed by atoms with Crippen molar-refractivity contribution in [2.24, 2.45) is 5.14 Å². The van der Waals surface area contributed by atoms with Crippen LogP contribution in [0.25, 0.3) is 11.1 Å². The smallest absolute Gasteiger partial charge is 0.213 e. The van der Waals surface area contributed by atoms with Crippen molar-refractivity contribution in [3.63, 3.8) is 0 Å². The Morgan fingerprint density at radius 2 is 2.12 bits per heavy atom. The number of hydrogen-bond donors (Lipinski definition) is 1. The predicted molar refractivity (Wildman–Crippen MR) is 101 cm³/mol. The normalized spacial score (nSPS) is 15.7. The molecule has 2 aromatic carbocycles. The van der Waals surface area contributed by atoms with Crippen LogP contribution in [-0.4, -0.2) is 15.5 Å². The van der Waals surface area contributed by atoms with Crippen molar-refractivity contribution in [2.75, 3.05) is 7.11 Å². The SMILES string of the molecule is C=CCC1Oc2cccc(OC)c2-c2ccc(CS(N)(=O)=O)c(Br)c21. The van der Waals surface area contributed by atoms with Gasteiger partial charge in [0.15, 0.2) is 0 Å². The number of rotatable bonds is 5. The standard InChI is InChI=1S/C18H18BrNO4S/c1-3-5-14-17-12(9-8-11(18(17)19)10-25(20,21)22)16-13(23-2)6-4-7-15(16)24-14/h3-4,6-9,14H,1,5,10H2,2H3,(H2,20,21,22). The van der Waals surface area contributed by atoms with Crippen molar-refractivity contribution >= 4 is 26.0 Å². The molecule has 0 spiro atoms. The van der Waals surface area contributed by atoms with Gasteiger partial charge in [-0.3, -0.25) is 0 Å². The first kappa shape index (κ1) is 18.0. The summed E-state index contributed by atoms with van der Waals surface area (Å²) >= 11 is 3.55. The van der Waals surface area contributed by atoms with E-state index in [1.807, 2.05) is 24.3 Å². The lowest BCUT2D eigenvalue weighted by Crippen LogP contribution is -2.18. The first-order valence-corrected chi connectivity index (χ1v) is 10.1. The van der Waals surface area contributed by atoms with Crippen molar-refractivity contribution in [1.29, 1.82) is 0 Å². The van der Waals surface area contributed by atoms with E-state index in [0.717, 1.165) is 22.4 Å². The van der Waals surface area contributed by atoms with Crippen LogP contribution in [0.1, 0.15) is 23.7 Å². The van der Waals surface area contributed by atoms with Crippen molar-refractivity contribution in [1.82, 2.24) is 0 Å². The highest BCUT2D eigenvalue weighted by Crippen LogP contribution is 2.50. The molecule has 1 heterocycles. The van der Waals surface area contributed by atoms with Crippen LogP contribution in [0.2, 0.25) is 0 Å². The van der Waals surface area contributed by atoms with E-state index in [0.29, 0.717) is 22.2 Å². The summed E-state index contributed by atoms with van der Waals surface area (Å²) in [6.45, 7) is 3.79. The quantitative estimate of drug-likeness (QED) is 0.738. The molecule has 1 aliphatic rings. The minimum atomic E-state index is -3.64. The Labute approximate surface area is 155 Å². The van der Waals surface area contributed by atoms with E-state index in [1.165, 1.54) is 0 Å². The maximum Gasteiger partial charge on any atom is 0.213 e. The van der Waals surface area contributed by atoms with Gasteiger partial charge in [0.2, 0.25) is 10.0 Å². The van der Waals surface area contributed by atoms with Crippen LogP contribution in [0.3, 0.4) is 0 Å². The lowest BCUT2D eigenvalue weighted by molar-refractivity contribution is 0.204. The summed E-state index contributed by atoms with van der Waals surface area (Å²) in [5.41, 5.74) is 3.26. The molecular formula is C18H18BrNO4S. The van der Waals surface area contributed by atoms with E-state index in [1.54, 1.807) is 19.3 Å². The number of ether oxygens (including phenoxy) is 2. The summed E-state index contributed by atoms with van der Waals surface area (Å²) in [5, 5.41) is 5.21. The second-order valence-corrected chi connectivity index (χ2v) is 8.18. The molecule has 2 aromatic rings. The Morgan fingerprint density at radius 1 is 1.36 bits per heavy atom. The number of halogens is 1. The molecule has 7 heteroatoms. The van der Waals surface area contributed by atoms with E-state index in [4.69, 9.17) is 14.6 Å². The Bertz CT molecular complexity index is 940. The molecule has 1 atom stereocenters. The highest BCUT2D eigenvalue weighted by atomic mass is 79.9. The van der Waals surface area contributed by atoms with Gasteiger partial charge in [0, 0.05) is 16.5 Å². The van der Waals surface area contributed by atoms with Gasteiger partial charge in [0.25, 0.3) is 0 Å². The summed E-state index contributed by atoms with van der Waals surface area (Å²) in [4.78, 5) is 0. The van der Waals surface area contributed by atoms with Gasteiger partial charge >= 0.3 is 0 Å². The maximum atomic E-state index is 11.5. The second-order valence-electron chi connectivity index (χ2n) is 5.77. The molecular weight excluding hydrogens is 406 g/mol. The lowest BCUT2D eigenvalue weighted by atomic mass is 9.89. The first-order valence-electron chi connectivity index (χ1n) is 7.62. The Hall–Kier alpha value is -1.83. The molecule has 25 heavy (non-hydrogen) atoms. The van der Waals surface area contributed by atoms with Crippen LogP contribution in [0, 0.1) is 0 Å². The zero-order chi connectivity index (χ0) is 18.2. The minimum Gasteiger partial charge on any atom is -0.496 e. The van der Waals surface area contributed by atoms with Crippen LogP contribution in [0.5, 0.6) is 11.5 Å². The predicted octanol–water partition coefficient (Wildman–Crippen LogP) is 3.92. The van der Waals surface area contributed by atoms with Crippen molar-refractivity contribution < 1.29 is 17.9 Å². The van der Waals surface area contributed by atoms with E-state index in [9.17, 15) is 8.42 Å². The first-order chi connectivity index (χ1) is 11.9. The number of hydrogen-bond acceptors (Lipinski definition) is 4. The zero-order valence-corrected chi connectivity index (χ0v) is 16.1. The summed E-state index contributed by atoms with van der Waals surface area (Å²) in [6, 6.07) is 9.29. The molecule has 5 nitrogen and oxygen atoms in total. The molecule has 0 fully saturated rings. The third-order valence-corrected chi connectivity index (χ3v) is 5.72. The van der Waals surface area contributed by atoms with Gasteiger partial charge < -0.3 is 9.47 Å². The highest BCUT2D eigenvalue weighted by molar-refractivity contribution is 9.10. The fourth-order valence-corrected chi connectivity index (χ4v) is 4.67. The monoisotopic (exact) mass is 423 g/mol. The number of nitrogens with two attached hydrogens (primary N) is 1. The van der Waals surface area contributed by atoms with Crippen molar-refractivity contribution in [3.8, 4) is 22.6 Å². The maximum absolute atomic E-state index is 11.5. The molecule has 1 unspecified atom stereocenters. The van der Waals surface area contributed by atoms with Gasteiger partial charge in [0.05, 0.1) is 18.4 Å². The van der Waals surface area contributed by atoms with Crippen molar-refractivity contribution in [3.05, 3.63) is 58.6 Å². The van der Waals surface area contributed by atoms with E-state index in [-0.39, 0.29) is 11.9 Å². The molecule has 0 aliphatic carbocycles. The van der Waals surface area contributed by atoms with Crippen LogP contribution in [0.4, 0.5) is 0 Å². The molecule has 0 bridgehead atoms. The fraction of sp³-hybridized carbons (Fsp3) is 0.222. The fourth-order valence-electron chi connectivity index (χ4n) is 3.07. The number of primary sulfonamides is 1. The summed E-state index contributed by atoms with van der Waals surface area (Å²) in [7, 11) is -2.04. The molecule has 0 amide bonds. The molecule has 0 saturated carbocycles. The summed E-state index contributed by atoms with van der Waals surface area (Å²) in [5.74, 6) is 1.17. The number of fused-ring (bicyclic) bond motifs is 3. The van der Waals surface area contributed by atoms with Gasteiger partial charge in [-0.1, -0.05) is 40.2 Å². The van der Waals surface area contributed by atoms with Gasteiger partial charge in [-0.15, -0.1) is 6.58 Å². The largest absolute Gasteiger partial charge is 0.496 e. The van der Waals surface area contributed by atoms with Crippen molar-refractivity contribution in [2.45, 2.75) is 18.3 Å². The second kappa shape index (κ2) is 6.82. The molecule has 0 saturated heterocycles. The van der Waals surface area contributed by atoms with Gasteiger partial charge in [-0.2, -0.15) is 0 Å². The molecule has 0 radical (unpaired) electrons. The minimum absolute atomic E-state index is 0.250. The highest BCUT2D eigenvalue weighted by Gasteiger charge is 2.31. The van der Waals surface area contributed by atoms with Crippen LogP contribution >= 0.6 is 15.9 Å². The van der Waals surface area contributed by atoms with Crippen LogP contribution < -0.4 is 14.6 Å². The Kier molecular flexibility index (Phi) is 4.90. The van der Waals surface area contributed by atoms with Gasteiger partial charge in [-0.25, -0.2) is 13.6 Å². The third kappa shape index (κ3) is 3.44. The average molecular weight is 424 g/mol. The summed E-state index contributed by atoms with van der Waals surface area (Å²) in [6.07, 6.45) is 2.08. The molecule has 132 valence electrons. The third-order valence-electron chi connectivity index (χ3n) is 4.07. The summed E-state index contributed by atoms with van der Waals surface area (Å²) < 4.78 is 35.3. The van der Waals surface area contributed by atoms with E-state index >= 15 is 0 Å². The average Bonchev–Trinajstić information content (AvgIpc) is 2.55. The number of benzene rings is 2. The van der Waals surface area contributed by atoms with Crippen LogP contribution in [0.15, 0.2) is 47.5 Å². The number of methoxy groups -OCH3 is 1.